The van der Waals surface area contributed by atoms with Crippen molar-refractivity contribution in [2.45, 2.75) is 51.6 Å². The fraction of sp³-hybridized carbons (Fsp3) is 0.647. The Morgan fingerprint density at radius 1 is 1.32 bits per heavy atom. The van der Waals surface area contributed by atoms with Gasteiger partial charge in [-0.25, -0.2) is 0 Å². The van der Waals surface area contributed by atoms with Crippen LogP contribution in [0.2, 0.25) is 0 Å². The van der Waals surface area contributed by atoms with Gasteiger partial charge in [0, 0.05) is 19.1 Å². The molecular formula is C17H28N2. The molecule has 2 unspecified atom stereocenters. The van der Waals surface area contributed by atoms with Gasteiger partial charge in [0.15, 0.2) is 0 Å². The normalized spacial score (nSPS) is 20.9. The Morgan fingerprint density at radius 3 is 2.63 bits per heavy atom. The Labute approximate surface area is 118 Å². The zero-order valence-corrected chi connectivity index (χ0v) is 12.7. The van der Waals surface area contributed by atoms with E-state index in [0.29, 0.717) is 12.0 Å². The van der Waals surface area contributed by atoms with Gasteiger partial charge in [-0.05, 0) is 49.9 Å². The minimum absolute atomic E-state index is 0.675. The first kappa shape index (κ1) is 14.5. The number of benzene rings is 1. The Hall–Kier alpha value is -0.860. The van der Waals surface area contributed by atoms with Crippen LogP contribution in [0.15, 0.2) is 24.3 Å². The van der Waals surface area contributed by atoms with E-state index in [-0.39, 0.29) is 0 Å². The minimum atomic E-state index is 0.675. The van der Waals surface area contributed by atoms with Crippen LogP contribution in [0.1, 0.15) is 50.2 Å². The second-order valence-electron chi connectivity index (χ2n) is 6.04. The van der Waals surface area contributed by atoms with Crippen molar-refractivity contribution in [3.05, 3.63) is 35.4 Å². The van der Waals surface area contributed by atoms with E-state index in [4.69, 9.17) is 0 Å². The van der Waals surface area contributed by atoms with E-state index in [2.05, 4.69) is 55.4 Å². The maximum atomic E-state index is 3.56. The summed E-state index contributed by atoms with van der Waals surface area (Å²) in [5, 5.41) is 3.56. The molecule has 1 heterocycles. The molecule has 19 heavy (non-hydrogen) atoms. The van der Waals surface area contributed by atoms with Crippen LogP contribution in [0.5, 0.6) is 0 Å². The molecule has 1 N–H and O–H groups in total. The van der Waals surface area contributed by atoms with E-state index >= 15 is 0 Å². The van der Waals surface area contributed by atoms with Gasteiger partial charge in [-0.2, -0.15) is 0 Å². The fourth-order valence-corrected chi connectivity index (χ4v) is 2.85. The first-order valence-electron chi connectivity index (χ1n) is 7.69. The number of hydrogen-bond donors (Lipinski definition) is 1. The van der Waals surface area contributed by atoms with Gasteiger partial charge in [0.25, 0.3) is 0 Å². The molecule has 2 nitrogen and oxygen atoms in total. The van der Waals surface area contributed by atoms with Crippen molar-refractivity contribution in [1.82, 2.24) is 10.2 Å². The lowest BCUT2D eigenvalue weighted by atomic mass is 9.97. The molecule has 1 fully saturated rings. The molecule has 0 aromatic heterocycles. The molecule has 1 saturated heterocycles. The molecule has 0 amide bonds. The first-order chi connectivity index (χ1) is 9.19. The summed E-state index contributed by atoms with van der Waals surface area (Å²) in [7, 11) is 2.22. The highest BCUT2D eigenvalue weighted by atomic mass is 15.1. The molecule has 0 radical (unpaired) electrons. The largest absolute Gasteiger partial charge is 0.313 e. The highest BCUT2D eigenvalue weighted by Crippen LogP contribution is 2.19. The monoisotopic (exact) mass is 260 g/mol. The molecule has 2 rings (SSSR count). The van der Waals surface area contributed by atoms with Gasteiger partial charge in [-0.3, -0.25) is 0 Å². The molecular weight excluding hydrogens is 232 g/mol. The highest BCUT2D eigenvalue weighted by molar-refractivity contribution is 5.24. The average Bonchev–Trinajstić information content (AvgIpc) is 2.91. The van der Waals surface area contributed by atoms with E-state index in [1.54, 1.807) is 0 Å². The Kier molecular flexibility index (Phi) is 5.41. The van der Waals surface area contributed by atoms with Gasteiger partial charge in [0.2, 0.25) is 0 Å². The predicted molar refractivity (Wildman–Crippen MR) is 82.5 cm³/mol. The van der Waals surface area contributed by atoms with Crippen molar-refractivity contribution in [3.8, 4) is 0 Å². The van der Waals surface area contributed by atoms with E-state index < -0.39 is 0 Å². The van der Waals surface area contributed by atoms with Crippen LogP contribution < -0.4 is 5.32 Å². The molecule has 1 aromatic rings. The lowest BCUT2D eigenvalue weighted by Gasteiger charge is -2.21. The Balaban J connectivity index is 1.84. The summed E-state index contributed by atoms with van der Waals surface area (Å²) < 4.78 is 0. The SMILES string of the molecule is CCC(C)c1ccc(CN(C)CC2CCCN2)cc1. The quantitative estimate of drug-likeness (QED) is 0.843. The maximum absolute atomic E-state index is 3.56. The third-order valence-corrected chi connectivity index (χ3v) is 4.31. The van der Waals surface area contributed by atoms with Crippen LogP contribution in [-0.2, 0) is 6.54 Å². The second-order valence-corrected chi connectivity index (χ2v) is 6.04. The summed E-state index contributed by atoms with van der Waals surface area (Å²) in [4.78, 5) is 2.43. The smallest absolute Gasteiger partial charge is 0.0231 e. The first-order valence-corrected chi connectivity index (χ1v) is 7.69. The van der Waals surface area contributed by atoms with Crippen molar-refractivity contribution in [2.75, 3.05) is 20.1 Å². The minimum Gasteiger partial charge on any atom is -0.313 e. The lowest BCUT2D eigenvalue weighted by Crippen LogP contribution is -2.34. The van der Waals surface area contributed by atoms with Gasteiger partial charge in [-0.1, -0.05) is 38.1 Å². The van der Waals surface area contributed by atoms with Crippen LogP contribution in [-0.4, -0.2) is 31.1 Å². The number of likely N-dealkylation sites (N-methyl/N-ethyl adjacent to an activating group) is 1. The van der Waals surface area contributed by atoms with Gasteiger partial charge >= 0.3 is 0 Å². The molecule has 1 aliphatic heterocycles. The van der Waals surface area contributed by atoms with Crippen LogP contribution >= 0.6 is 0 Å². The molecule has 0 saturated carbocycles. The number of hydrogen-bond acceptors (Lipinski definition) is 2. The number of nitrogens with zero attached hydrogens (tertiary/aromatic N) is 1. The van der Waals surface area contributed by atoms with Crippen molar-refractivity contribution < 1.29 is 0 Å². The average molecular weight is 260 g/mol. The third kappa shape index (κ3) is 4.32. The predicted octanol–water partition coefficient (Wildman–Crippen LogP) is 3.38. The summed E-state index contributed by atoms with van der Waals surface area (Å²) >= 11 is 0. The van der Waals surface area contributed by atoms with Crippen molar-refractivity contribution in [1.29, 1.82) is 0 Å². The van der Waals surface area contributed by atoms with E-state index in [1.165, 1.54) is 36.9 Å². The summed E-state index contributed by atoms with van der Waals surface area (Å²) in [5.74, 6) is 0.675. The van der Waals surface area contributed by atoms with Crippen LogP contribution in [0.4, 0.5) is 0 Å². The van der Waals surface area contributed by atoms with Gasteiger partial charge in [0.05, 0.1) is 0 Å². The number of nitrogens with one attached hydrogen (secondary N) is 1. The second kappa shape index (κ2) is 7.06. The van der Waals surface area contributed by atoms with Crippen molar-refractivity contribution >= 4 is 0 Å². The highest BCUT2D eigenvalue weighted by Gasteiger charge is 2.15. The van der Waals surface area contributed by atoms with Crippen LogP contribution in [0.3, 0.4) is 0 Å². The molecule has 2 heteroatoms. The van der Waals surface area contributed by atoms with Crippen LogP contribution in [0, 0.1) is 0 Å². The zero-order valence-electron chi connectivity index (χ0n) is 12.7. The molecule has 106 valence electrons. The summed E-state index contributed by atoms with van der Waals surface area (Å²) in [6, 6.07) is 9.88. The summed E-state index contributed by atoms with van der Waals surface area (Å²) in [6.45, 7) is 7.96. The zero-order chi connectivity index (χ0) is 13.7. The maximum Gasteiger partial charge on any atom is 0.0231 e. The summed E-state index contributed by atoms with van der Waals surface area (Å²) in [6.07, 6.45) is 3.88. The van der Waals surface area contributed by atoms with E-state index in [9.17, 15) is 0 Å². The molecule has 2 atom stereocenters. The van der Waals surface area contributed by atoms with Gasteiger partial charge in [-0.15, -0.1) is 0 Å². The van der Waals surface area contributed by atoms with Crippen molar-refractivity contribution in [3.63, 3.8) is 0 Å². The topological polar surface area (TPSA) is 15.3 Å². The number of rotatable bonds is 6. The molecule has 0 aliphatic carbocycles. The fourth-order valence-electron chi connectivity index (χ4n) is 2.85. The third-order valence-electron chi connectivity index (χ3n) is 4.31. The molecule has 1 aliphatic rings. The Bertz CT molecular complexity index is 365. The van der Waals surface area contributed by atoms with E-state index in [0.717, 1.165) is 13.1 Å². The standard InChI is InChI=1S/C17H28N2/c1-4-14(2)16-9-7-15(8-10-16)12-19(3)13-17-6-5-11-18-17/h7-10,14,17-18H,4-6,11-13H2,1-3H3. The molecule has 1 aromatic carbocycles. The molecule has 0 bridgehead atoms. The Morgan fingerprint density at radius 2 is 2.05 bits per heavy atom. The summed E-state index contributed by atoms with van der Waals surface area (Å²) in [5.41, 5.74) is 2.89. The van der Waals surface area contributed by atoms with Gasteiger partial charge < -0.3 is 10.2 Å². The van der Waals surface area contributed by atoms with Crippen LogP contribution in [0.25, 0.3) is 0 Å². The van der Waals surface area contributed by atoms with Crippen molar-refractivity contribution in [2.24, 2.45) is 0 Å². The molecule has 0 spiro atoms. The lowest BCUT2D eigenvalue weighted by molar-refractivity contribution is 0.293. The van der Waals surface area contributed by atoms with E-state index in [1.807, 2.05) is 0 Å². The van der Waals surface area contributed by atoms with Gasteiger partial charge in [0.1, 0.15) is 0 Å².